The molecule has 0 atom stereocenters. The molecule has 1 aliphatic heterocycles. The van der Waals surface area contributed by atoms with Crippen molar-refractivity contribution in [3.05, 3.63) is 41.5 Å². The van der Waals surface area contributed by atoms with Gasteiger partial charge in [-0.15, -0.1) is 24.2 Å². The molecule has 3 nitrogen and oxygen atoms in total. The van der Waals surface area contributed by atoms with Gasteiger partial charge in [-0.1, -0.05) is 29.3 Å². The van der Waals surface area contributed by atoms with E-state index >= 15 is 0 Å². The number of halogens is 1. The highest BCUT2D eigenvalue weighted by molar-refractivity contribution is 8.00. The summed E-state index contributed by atoms with van der Waals surface area (Å²) in [5.41, 5.74) is 2.57. The Bertz CT molecular complexity index is 459. The van der Waals surface area contributed by atoms with Crippen molar-refractivity contribution in [1.29, 1.82) is 0 Å². The van der Waals surface area contributed by atoms with Crippen LogP contribution in [0, 0.1) is 6.92 Å². The lowest BCUT2D eigenvalue weighted by Gasteiger charge is -2.14. The number of hydrogen-bond donors (Lipinski definition) is 2. The molecule has 0 fully saturated rings. The van der Waals surface area contributed by atoms with E-state index in [0.717, 1.165) is 24.4 Å². The lowest BCUT2D eigenvalue weighted by Crippen LogP contribution is -2.30. The second kappa shape index (κ2) is 9.06. The van der Waals surface area contributed by atoms with Gasteiger partial charge in [0.2, 0.25) is 5.91 Å². The van der Waals surface area contributed by atoms with Gasteiger partial charge in [0.15, 0.2) is 0 Å². The third kappa shape index (κ3) is 5.99. The van der Waals surface area contributed by atoms with Crippen molar-refractivity contribution in [2.75, 3.05) is 25.4 Å². The third-order valence-corrected chi connectivity index (χ3v) is 4.07. The van der Waals surface area contributed by atoms with Gasteiger partial charge in [0.1, 0.15) is 0 Å². The van der Waals surface area contributed by atoms with Gasteiger partial charge in [-0.3, -0.25) is 4.79 Å². The number of carbonyl (C=O) groups excluding carboxylic acids is 1. The predicted molar refractivity (Wildman–Crippen MR) is 87.7 cm³/mol. The first-order valence-corrected chi connectivity index (χ1v) is 7.57. The van der Waals surface area contributed by atoms with Crippen molar-refractivity contribution in [3.8, 4) is 0 Å². The molecule has 1 amide bonds. The van der Waals surface area contributed by atoms with Crippen LogP contribution >= 0.6 is 24.2 Å². The van der Waals surface area contributed by atoms with Crippen LogP contribution in [0.1, 0.15) is 12.0 Å². The Morgan fingerprint density at radius 1 is 1.35 bits per heavy atom. The Morgan fingerprint density at radius 2 is 2.10 bits per heavy atom. The van der Waals surface area contributed by atoms with E-state index in [1.54, 1.807) is 11.8 Å². The lowest BCUT2D eigenvalue weighted by molar-refractivity contribution is -0.118. The van der Waals surface area contributed by atoms with Crippen molar-refractivity contribution < 1.29 is 4.79 Å². The zero-order valence-electron chi connectivity index (χ0n) is 11.6. The quantitative estimate of drug-likeness (QED) is 0.648. The fourth-order valence-electron chi connectivity index (χ4n) is 1.88. The van der Waals surface area contributed by atoms with Crippen LogP contribution in [0.3, 0.4) is 0 Å². The summed E-state index contributed by atoms with van der Waals surface area (Å²) < 4.78 is 0. The second-order valence-electron chi connectivity index (χ2n) is 4.69. The SMILES string of the molecule is Cc1ccc(SCC(=O)NCC2=CCNCC2)cc1.Cl. The normalized spacial score (nSPS) is 14.2. The van der Waals surface area contributed by atoms with Gasteiger partial charge in [0, 0.05) is 18.0 Å². The van der Waals surface area contributed by atoms with Crippen LogP contribution in [0.25, 0.3) is 0 Å². The number of thioether (sulfide) groups is 1. The topological polar surface area (TPSA) is 41.1 Å². The molecule has 5 heteroatoms. The molecule has 0 spiro atoms. The Labute approximate surface area is 131 Å². The molecule has 0 saturated heterocycles. The number of aryl methyl sites for hydroxylation is 1. The average molecular weight is 313 g/mol. The van der Waals surface area contributed by atoms with Gasteiger partial charge in [0.25, 0.3) is 0 Å². The number of amides is 1. The molecule has 0 unspecified atom stereocenters. The zero-order valence-corrected chi connectivity index (χ0v) is 13.3. The van der Waals surface area contributed by atoms with E-state index in [1.165, 1.54) is 11.1 Å². The maximum absolute atomic E-state index is 11.8. The lowest BCUT2D eigenvalue weighted by atomic mass is 10.1. The summed E-state index contributed by atoms with van der Waals surface area (Å²) in [6, 6.07) is 8.26. The van der Waals surface area contributed by atoms with Crippen LogP contribution in [-0.4, -0.2) is 31.3 Å². The molecule has 0 aliphatic carbocycles. The van der Waals surface area contributed by atoms with Crippen LogP contribution in [-0.2, 0) is 4.79 Å². The number of nitrogens with one attached hydrogen (secondary N) is 2. The second-order valence-corrected chi connectivity index (χ2v) is 5.74. The molecule has 1 heterocycles. The summed E-state index contributed by atoms with van der Waals surface area (Å²) in [4.78, 5) is 12.9. The van der Waals surface area contributed by atoms with Crippen molar-refractivity contribution >= 4 is 30.1 Å². The maximum Gasteiger partial charge on any atom is 0.230 e. The third-order valence-electron chi connectivity index (χ3n) is 3.06. The van der Waals surface area contributed by atoms with Crippen LogP contribution < -0.4 is 10.6 Å². The van der Waals surface area contributed by atoms with E-state index in [-0.39, 0.29) is 18.3 Å². The molecular weight excluding hydrogens is 292 g/mol. The molecule has 110 valence electrons. The highest BCUT2D eigenvalue weighted by Crippen LogP contribution is 2.17. The molecule has 2 rings (SSSR count). The highest BCUT2D eigenvalue weighted by Gasteiger charge is 2.06. The van der Waals surface area contributed by atoms with Crippen molar-refractivity contribution in [3.63, 3.8) is 0 Å². The minimum atomic E-state index is 0. The van der Waals surface area contributed by atoms with Crippen LogP contribution in [0.15, 0.2) is 40.8 Å². The number of rotatable bonds is 5. The largest absolute Gasteiger partial charge is 0.352 e. The van der Waals surface area contributed by atoms with E-state index in [4.69, 9.17) is 0 Å². The van der Waals surface area contributed by atoms with Gasteiger partial charge in [-0.2, -0.15) is 0 Å². The Balaban J connectivity index is 0.00000200. The monoisotopic (exact) mass is 312 g/mol. The summed E-state index contributed by atoms with van der Waals surface area (Å²) in [5.74, 6) is 0.583. The molecule has 1 aliphatic rings. The fraction of sp³-hybridized carbons (Fsp3) is 0.400. The van der Waals surface area contributed by atoms with Crippen molar-refractivity contribution in [2.45, 2.75) is 18.2 Å². The van der Waals surface area contributed by atoms with Crippen molar-refractivity contribution in [1.82, 2.24) is 10.6 Å². The minimum absolute atomic E-state index is 0. The molecule has 0 bridgehead atoms. The summed E-state index contributed by atoms with van der Waals surface area (Å²) in [7, 11) is 0. The molecule has 1 aromatic rings. The van der Waals surface area contributed by atoms with E-state index < -0.39 is 0 Å². The Hall–Kier alpha value is -0.970. The number of carbonyl (C=O) groups is 1. The minimum Gasteiger partial charge on any atom is -0.352 e. The number of benzene rings is 1. The summed E-state index contributed by atoms with van der Waals surface area (Å²) in [6.07, 6.45) is 3.20. The Kier molecular flexibility index (Phi) is 7.73. The fourth-order valence-corrected chi connectivity index (χ4v) is 2.61. The Morgan fingerprint density at radius 3 is 2.75 bits per heavy atom. The zero-order chi connectivity index (χ0) is 13.5. The van der Waals surface area contributed by atoms with Gasteiger partial charge in [-0.25, -0.2) is 0 Å². The van der Waals surface area contributed by atoms with Crippen LogP contribution in [0.2, 0.25) is 0 Å². The molecule has 0 aromatic heterocycles. The van der Waals surface area contributed by atoms with Crippen molar-refractivity contribution in [2.24, 2.45) is 0 Å². The van der Waals surface area contributed by atoms with Gasteiger partial charge in [-0.05, 0) is 32.0 Å². The van der Waals surface area contributed by atoms with Crippen LogP contribution in [0.4, 0.5) is 0 Å². The highest BCUT2D eigenvalue weighted by atomic mass is 35.5. The van der Waals surface area contributed by atoms with E-state index in [9.17, 15) is 4.79 Å². The number of hydrogen-bond acceptors (Lipinski definition) is 3. The molecular formula is C15H21ClN2OS. The van der Waals surface area contributed by atoms with E-state index in [1.807, 2.05) is 0 Å². The van der Waals surface area contributed by atoms with Gasteiger partial charge < -0.3 is 10.6 Å². The predicted octanol–water partition coefficient (Wildman–Crippen LogP) is 2.54. The first-order chi connectivity index (χ1) is 9.24. The van der Waals surface area contributed by atoms with E-state index in [0.29, 0.717) is 12.3 Å². The summed E-state index contributed by atoms with van der Waals surface area (Å²) >= 11 is 1.58. The van der Waals surface area contributed by atoms with E-state index in [2.05, 4.69) is 47.9 Å². The van der Waals surface area contributed by atoms with Crippen LogP contribution in [0.5, 0.6) is 0 Å². The maximum atomic E-state index is 11.8. The molecule has 1 aromatic carbocycles. The first kappa shape index (κ1) is 17.1. The molecule has 0 radical (unpaired) electrons. The smallest absolute Gasteiger partial charge is 0.230 e. The molecule has 0 saturated carbocycles. The standard InChI is InChI=1S/C15H20N2OS.ClH/c1-12-2-4-14(5-3-12)19-11-15(18)17-10-13-6-8-16-9-7-13;/h2-6,16H,7-11H2,1H3,(H,17,18);1H. The molecule has 2 N–H and O–H groups in total. The van der Waals surface area contributed by atoms with Gasteiger partial charge in [0.05, 0.1) is 5.75 Å². The van der Waals surface area contributed by atoms with Gasteiger partial charge >= 0.3 is 0 Å². The summed E-state index contributed by atoms with van der Waals surface area (Å²) in [6.45, 7) is 4.69. The average Bonchev–Trinajstić information content (AvgIpc) is 2.45. The molecule has 20 heavy (non-hydrogen) atoms. The summed E-state index contributed by atoms with van der Waals surface area (Å²) in [5, 5.41) is 6.24. The first-order valence-electron chi connectivity index (χ1n) is 6.59.